The van der Waals surface area contributed by atoms with Crippen molar-refractivity contribution in [3.8, 4) is 21.3 Å². The summed E-state index contributed by atoms with van der Waals surface area (Å²) < 4.78 is 8.24. The number of amides is 3. The Bertz CT molecular complexity index is 3030. The zero-order valence-corrected chi connectivity index (χ0v) is 44.1. The van der Waals surface area contributed by atoms with Crippen LogP contribution in [0.1, 0.15) is 122 Å². The Labute approximate surface area is 432 Å². The summed E-state index contributed by atoms with van der Waals surface area (Å²) in [7, 11) is 0. The molecule has 9 rings (SSSR count). The summed E-state index contributed by atoms with van der Waals surface area (Å²) in [5, 5.41) is 27.3. The van der Waals surface area contributed by atoms with E-state index in [1.165, 1.54) is 9.78 Å². The number of thiazole rings is 1. The van der Waals surface area contributed by atoms with Gasteiger partial charge in [0.05, 0.1) is 40.4 Å². The summed E-state index contributed by atoms with van der Waals surface area (Å²) in [6.07, 6.45) is 2.62. The van der Waals surface area contributed by atoms with Crippen molar-refractivity contribution in [3.05, 3.63) is 127 Å². The first-order valence-electron chi connectivity index (χ1n) is 24.4. The molecular formula is C54H60ClN9O6S2. The van der Waals surface area contributed by atoms with Crippen LogP contribution in [0.2, 0.25) is 5.02 Å². The minimum Gasteiger partial charge on any atom is -0.474 e. The van der Waals surface area contributed by atoms with Crippen LogP contribution in [-0.4, -0.2) is 94.8 Å². The van der Waals surface area contributed by atoms with Crippen LogP contribution in [0.25, 0.3) is 15.4 Å². The predicted molar refractivity (Wildman–Crippen MR) is 279 cm³/mol. The lowest BCUT2D eigenvalue weighted by atomic mass is 9.78. The number of likely N-dealkylation sites (tertiary alicyclic amines) is 1. The minimum absolute atomic E-state index is 0.0246. The van der Waals surface area contributed by atoms with Crippen LogP contribution < -0.4 is 15.4 Å². The molecular weight excluding hydrogens is 970 g/mol. The second kappa shape index (κ2) is 20.8. The summed E-state index contributed by atoms with van der Waals surface area (Å²) in [5.74, 6) is 0.870. The molecule has 3 N–H and O–H groups in total. The monoisotopic (exact) mass is 1030 g/mol. The standard InChI is InChI=1S/C54H60ClN9O6S2/c1-28-31(4)72-53-46(28)47(36-14-16-38(55)17-15-36)59-42(50-62-61-32(5)64(50)53)23-39(65)19-34-20-41(21-34)70-45-18-9-33(25-56-45)22-44(67)60-49(54(6,7)8)52(69)63-26-40(66)24-43(63)51(68)58-29(2)35-10-12-37(13-11-35)48-30(3)57-27-71-48/h9-18,25,27,29,34,40-43,49,66H,19-24,26H2,1-8H3,(H,58,68)(H,60,67)/t29-,34?,40+,41?,42-,43-,49+/m0/s1. The fourth-order valence-corrected chi connectivity index (χ4v) is 12.0. The molecule has 0 spiro atoms. The number of β-amino-alcohol motifs (C(OH)–C–C–N with tert-alkyl or cyclic N) is 1. The number of aliphatic hydroxyl groups is 1. The molecule has 1 saturated heterocycles. The van der Waals surface area contributed by atoms with Gasteiger partial charge in [0.15, 0.2) is 5.82 Å². The average Bonchev–Trinajstić information content (AvgIpc) is 4.10. The smallest absolute Gasteiger partial charge is 0.246 e. The number of aliphatic imine (C=N–C) groups is 1. The van der Waals surface area contributed by atoms with E-state index in [0.717, 1.165) is 54.9 Å². The fourth-order valence-electron chi connectivity index (χ4n) is 9.86. The van der Waals surface area contributed by atoms with Crippen molar-refractivity contribution in [1.82, 2.24) is 40.3 Å². The van der Waals surface area contributed by atoms with Crippen LogP contribution in [-0.2, 0) is 25.6 Å². The number of hydrogen-bond acceptors (Lipinski definition) is 13. The van der Waals surface area contributed by atoms with Crippen LogP contribution in [0.4, 0.5) is 0 Å². The lowest BCUT2D eigenvalue weighted by Crippen LogP contribution is -2.58. The molecule has 0 unspecified atom stereocenters. The highest BCUT2D eigenvalue weighted by molar-refractivity contribution is 7.15. The van der Waals surface area contributed by atoms with Gasteiger partial charge in [-0.1, -0.05) is 74.8 Å². The first kappa shape index (κ1) is 50.8. The summed E-state index contributed by atoms with van der Waals surface area (Å²) in [6.45, 7) is 15.5. The molecule has 72 heavy (non-hydrogen) atoms. The van der Waals surface area contributed by atoms with Crippen molar-refractivity contribution in [2.45, 2.75) is 130 Å². The molecule has 6 aromatic rings. The zero-order chi connectivity index (χ0) is 51.2. The Kier molecular flexibility index (Phi) is 14.6. The first-order valence-corrected chi connectivity index (χ1v) is 26.5. The van der Waals surface area contributed by atoms with Crippen molar-refractivity contribution in [2.75, 3.05) is 6.54 Å². The van der Waals surface area contributed by atoms with Gasteiger partial charge in [0.1, 0.15) is 40.8 Å². The van der Waals surface area contributed by atoms with Gasteiger partial charge in [-0.3, -0.25) is 28.7 Å². The number of thiophene rings is 1. The third-order valence-corrected chi connectivity index (χ3v) is 16.4. The Morgan fingerprint density at radius 2 is 1.62 bits per heavy atom. The normalized spacial score (nSPS) is 20.3. The maximum Gasteiger partial charge on any atom is 0.246 e. The molecule has 0 radical (unpaired) electrons. The Morgan fingerprint density at radius 3 is 2.29 bits per heavy atom. The van der Waals surface area contributed by atoms with E-state index in [0.29, 0.717) is 41.6 Å². The van der Waals surface area contributed by atoms with Gasteiger partial charge in [-0.25, -0.2) is 9.97 Å². The molecule has 376 valence electrons. The number of hydrogen-bond donors (Lipinski definition) is 3. The number of carbonyl (C=O) groups excluding carboxylic acids is 4. The summed E-state index contributed by atoms with van der Waals surface area (Å²) in [4.78, 5) is 73.1. The SMILES string of the molecule is Cc1ncsc1-c1ccc([C@H](C)NC(=O)[C@@H]2C[C@@H](O)CN2C(=O)[C@@H](NC(=O)Cc2ccc(OC3CC(CC(=O)C[C@@H]4N=C(c5ccc(Cl)cc5)c5c(sc(C)c5C)-n5c(C)nnc54)C3)nc2)C(C)(C)C)cc1. The van der Waals surface area contributed by atoms with Gasteiger partial charge < -0.3 is 25.4 Å². The number of aromatic nitrogens is 5. The molecule has 1 saturated carbocycles. The van der Waals surface area contributed by atoms with Crippen LogP contribution >= 0.6 is 34.3 Å². The fraction of sp³-hybridized carbons (Fsp3) is 0.426. The Hall–Kier alpha value is -6.14. The van der Waals surface area contributed by atoms with Gasteiger partial charge in [0.25, 0.3) is 0 Å². The van der Waals surface area contributed by atoms with Crippen molar-refractivity contribution < 1.29 is 29.0 Å². The average molecular weight is 1030 g/mol. The quantitative estimate of drug-likeness (QED) is 0.0896. The van der Waals surface area contributed by atoms with E-state index in [9.17, 15) is 24.3 Å². The molecule has 18 heteroatoms. The summed E-state index contributed by atoms with van der Waals surface area (Å²) in [5.41, 5.74) is 8.52. The number of benzene rings is 2. The third-order valence-electron chi connectivity index (χ3n) is 14.0. The number of fused-ring (bicyclic) bond motifs is 3. The van der Waals surface area contributed by atoms with E-state index in [4.69, 9.17) is 21.3 Å². The maximum atomic E-state index is 14.3. The van der Waals surface area contributed by atoms with E-state index in [1.54, 1.807) is 41.0 Å². The first-order chi connectivity index (χ1) is 34.3. The van der Waals surface area contributed by atoms with E-state index < -0.39 is 35.6 Å². The maximum absolute atomic E-state index is 14.3. The highest BCUT2D eigenvalue weighted by Crippen LogP contribution is 2.41. The number of aliphatic hydroxyl groups excluding tert-OH is 1. The Balaban J connectivity index is 0.768. The topological polar surface area (TPSA) is 194 Å². The largest absolute Gasteiger partial charge is 0.474 e. The van der Waals surface area contributed by atoms with E-state index in [2.05, 4.69) is 49.2 Å². The second-order valence-corrected chi connectivity index (χ2v) is 23.0. The van der Waals surface area contributed by atoms with Crippen LogP contribution in [0.5, 0.6) is 5.88 Å². The molecule has 1 aliphatic carbocycles. The molecule has 2 aromatic carbocycles. The van der Waals surface area contributed by atoms with Crippen LogP contribution in [0, 0.1) is 39.0 Å². The summed E-state index contributed by atoms with van der Waals surface area (Å²) in [6, 6.07) is 16.3. The highest BCUT2D eigenvalue weighted by atomic mass is 35.5. The van der Waals surface area contributed by atoms with E-state index >= 15 is 0 Å². The van der Waals surface area contributed by atoms with Gasteiger partial charge in [0.2, 0.25) is 23.6 Å². The minimum atomic E-state index is -0.973. The highest BCUT2D eigenvalue weighted by Gasteiger charge is 2.45. The molecule has 2 fully saturated rings. The number of ether oxygens (including phenoxy) is 1. The molecule has 15 nitrogen and oxygen atoms in total. The number of halogens is 1. The number of pyridine rings is 1. The van der Waals surface area contributed by atoms with E-state index in [1.807, 2.05) is 95.6 Å². The lowest BCUT2D eigenvalue weighted by Gasteiger charge is -2.35. The molecule has 6 heterocycles. The molecule has 5 atom stereocenters. The predicted octanol–water partition coefficient (Wildman–Crippen LogP) is 8.75. The lowest BCUT2D eigenvalue weighted by molar-refractivity contribution is -0.144. The van der Waals surface area contributed by atoms with Crippen LogP contribution in [0.3, 0.4) is 0 Å². The van der Waals surface area contributed by atoms with Gasteiger partial charge in [-0.15, -0.1) is 32.9 Å². The van der Waals surface area contributed by atoms with Crippen LogP contribution in [0.15, 0.2) is 77.4 Å². The second-order valence-electron chi connectivity index (χ2n) is 20.5. The Morgan fingerprint density at radius 1 is 0.903 bits per heavy atom. The molecule has 4 aromatic heterocycles. The third kappa shape index (κ3) is 10.8. The number of nitrogens with zero attached hydrogens (tertiary/aromatic N) is 7. The van der Waals surface area contributed by atoms with Crippen molar-refractivity contribution in [3.63, 3.8) is 0 Å². The van der Waals surface area contributed by atoms with Gasteiger partial charge in [-0.05, 0) is 93.2 Å². The molecule has 0 bridgehead atoms. The summed E-state index contributed by atoms with van der Waals surface area (Å²) >= 11 is 9.52. The molecule has 3 aliphatic rings. The van der Waals surface area contributed by atoms with Gasteiger partial charge in [0, 0.05) is 59.1 Å². The number of ketones is 1. The number of Topliss-reactive ketones (excluding diaryl/α,β-unsaturated/α-hetero) is 1. The van der Waals surface area contributed by atoms with Crippen molar-refractivity contribution in [1.29, 1.82) is 0 Å². The number of aryl methyl sites for hydroxylation is 3. The van der Waals surface area contributed by atoms with E-state index in [-0.39, 0.29) is 61.5 Å². The van der Waals surface area contributed by atoms with Gasteiger partial charge in [-0.2, -0.15) is 0 Å². The van der Waals surface area contributed by atoms with Gasteiger partial charge >= 0.3 is 0 Å². The number of nitrogens with one attached hydrogen (secondary N) is 2. The molecule has 3 amide bonds. The molecule has 2 aliphatic heterocycles. The van der Waals surface area contributed by atoms with Crippen molar-refractivity contribution >= 4 is 63.5 Å². The number of carbonyl (C=O) groups is 4. The zero-order valence-electron chi connectivity index (χ0n) is 41.7. The number of rotatable bonds is 15. The van der Waals surface area contributed by atoms with Crippen molar-refractivity contribution in [2.24, 2.45) is 16.3 Å².